The third-order valence-electron chi connectivity index (χ3n) is 3.32. The summed E-state index contributed by atoms with van der Waals surface area (Å²) in [6.45, 7) is 3.69. The topological polar surface area (TPSA) is 26.3 Å². The summed E-state index contributed by atoms with van der Waals surface area (Å²) in [4.78, 5) is 11.6. The van der Waals surface area contributed by atoms with Crippen molar-refractivity contribution in [1.82, 2.24) is 0 Å². The molecule has 0 aliphatic carbocycles. The van der Waals surface area contributed by atoms with Crippen LogP contribution in [0, 0.1) is 6.92 Å². The van der Waals surface area contributed by atoms with Crippen molar-refractivity contribution in [1.29, 1.82) is 0 Å². The molecule has 0 radical (unpaired) electrons. The quantitative estimate of drug-likeness (QED) is 0.602. The van der Waals surface area contributed by atoms with Crippen LogP contribution in [0.5, 0.6) is 11.5 Å². The van der Waals surface area contributed by atoms with E-state index in [9.17, 15) is 18.0 Å². The van der Waals surface area contributed by atoms with Crippen LogP contribution in [0.3, 0.4) is 0 Å². The van der Waals surface area contributed by atoms with Crippen molar-refractivity contribution in [3.63, 3.8) is 0 Å². The number of carbonyl (C=O) groups is 1. The summed E-state index contributed by atoms with van der Waals surface area (Å²) in [5.74, 6) is 1.24. The minimum Gasteiger partial charge on any atom is -0.457 e. The van der Waals surface area contributed by atoms with Gasteiger partial charge in [-0.25, -0.2) is 0 Å². The van der Waals surface area contributed by atoms with Crippen molar-refractivity contribution in [2.75, 3.05) is 0 Å². The highest BCUT2D eigenvalue weighted by atomic mass is 32.2. The fraction of sp³-hybridized carbons (Fsp3) is 0.278. The largest absolute Gasteiger partial charge is 0.457 e. The summed E-state index contributed by atoms with van der Waals surface area (Å²) >= 11 is -0.159. The van der Waals surface area contributed by atoms with Crippen LogP contribution in [0.1, 0.15) is 24.5 Å². The molecule has 0 fully saturated rings. The maximum Gasteiger partial charge on any atom is 0.446 e. The molecule has 6 heteroatoms. The normalized spacial score (nSPS) is 11.4. The summed E-state index contributed by atoms with van der Waals surface area (Å²) < 4.78 is 42.6. The summed E-state index contributed by atoms with van der Waals surface area (Å²) in [6.07, 6.45) is 0.889. The van der Waals surface area contributed by atoms with E-state index in [1.807, 2.05) is 26.0 Å². The van der Waals surface area contributed by atoms with Crippen LogP contribution < -0.4 is 4.74 Å². The van der Waals surface area contributed by atoms with Crippen molar-refractivity contribution >= 4 is 17.5 Å². The Hall–Kier alpha value is -1.95. The lowest BCUT2D eigenvalue weighted by Crippen LogP contribution is -2.01. The Balaban J connectivity index is 2.06. The highest BCUT2D eigenvalue weighted by molar-refractivity contribution is 8.00. The predicted molar refractivity (Wildman–Crippen MR) is 88.6 cm³/mol. The van der Waals surface area contributed by atoms with Gasteiger partial charge in [0.25, 0.3) is 0 Å². The van der Waals surface area contributed by atoms with Gasteiger partial charge in [-0.3, -0.25) is 4.79 Å². The van der Waals surface area contributed by atoms with Crippen molar-refractivity contribution in [2.24, 2.45) is 0 Å². The molecule has 0 aliphatic rings. The van der Waals surface area contributed by atoms with Crippen molar-refractivity contribution in [3.05, 3.63) is 53.6 Å². The van der Waals surface area contributed by atoms with E-state index >= 15 is 0 Å². The summed E-state index contributed by atoms with van der Waals surface area (Å²) in [5.41, 5.74) is -2.51. The van der Waals surface area contributed by atoms with E-state index in [0.29, 0.717) is 24.3 Å². The average molecular weight is 354 g/mol. The number of hydrogen-bond acceptors (Lipinski definition) is 3. The van der Waals surface area contributed by atoms with E-state index in [1.54, 1.807) is 6.07 Å². The van der Waals surface area contributed by atoms with Gasteiger partial charge in [-0.1, -0.05) is 19.1 Å². The molecule has 2 rings (SSSR count). The Labute approximate surface area is 143 Å². The fourth-order valence-corrected chi connectivity index (χ4v) is 2.66. The van der Waals surface area contributed by atoms with Gasteiger partial charge < -0.3 is 4.74 Å². The fourth-order valence-electron chi connectivity index (χ4n) is 2.12. The number of carbonyl (C=O) groups excluding carboxylic acids is 1. The second-order valence-electron chi connectivity index (χ2n) is 5.29. The van der Waals surface area contributed by atoms with Crippen LogP contribution in [0.2, 0.25) is 0 Å². The summed E-state index contributed by atoms with van der Waals surface area (Å²) in [5, 5.41) is 0. The molecule has 0 saturated carbocycles. The van der Waals surface area contributed by atoms with Gasteiger partial charge in [0.1, 0.15) is 17.3 Å². The average Bonchev–Trinajstić information content (AvgIpc) is 2.50. The summed E-state index contributed by atoms with van der Waals surface area (Å²) in [7, 11) is 0. The molecule has 0 bridgehead atoms. The van der Waals surface area contributed by atoms with Gasteiger partial charge in [-0.05, 0) is 60.1 Å². The molecule has 0 atom stereocenters. The van der Waals surface area contributed by atoms with Gasteiger partial charge >= 0.3 is 5.51 Å². The molecular formula is C18H17F3O2S. The number of Topliss-reactive ketones (excluding diaryl/α,β-unsaturated/α-hetero) is 1. The lowest BCUT2D eigenvalue weighted by molar-refractivity contribution is -0.118. The van der Waals surface area contributed by atoms with E-state index < -0.39 is 5.51 Å². The van der Waals surface area contributed by atoms with E-state index in [0.717, 1.165) is 11.1 Å². The van der Waals surface area contributed by atoms with Gasteiger partial charge in [0.05, 0.1) is 0 Å². The highest BCUT2D eigenvalue weighted by Crippen LogP contribution is 2.37. The number of aryl methyl sites for hydroxylation is 1. The van der Waals surface area contributed by atoms with Crippen molar-refractivity contribution in [3.8, 4) is 11.5 Å². The molecule has 0 saturated heterocycles. The maximum absolute atomic E-state index is 12.3. The first-order valence-corrected chi connectivity index (χ1v) is 8.23. The molecule has 0 N–H and O–H groups in total. The van der Waals surface area contributed by atoms with Gasteiger partial charge in [-0.2, -0.15) is 13.2 Å². The molecule has 2 aromatic rings. The second kappa shape index (κ2) is 7.75. The number of benzene rings is 2. The Bertz CT molecular complexity index is 709. The third kappa shape index (κ3) is 5.60. The zero-order valence-corrected chi connectivity index (χ0v) is 14.1. The number of halogens is 3. The van der Waals surface area contributed by atoms with Gasteiger partial charge in [0.2, 0.25) is 0 Å². The van der Waals surface area contributed by atoms with E-state index in [2.05, 4.69) is 0 Å². The SMILES string of the molecule is CCC(=O)Cc1ccc(Oc2ccc(SC(F)(F)F)cc2)c(C)c1. The molecular weight excluding hydrogens is 337 g/mol. The van der Waals surface area contributed by atoms with E-state index in [1.165, 1.54) is 24.3 Å². The molecule has 128 valence electrons. The van der Waals surface area contributed by atoms with Crippen LogP contribution in [0.4, 0.5) is 13.2 Å². The van der Waals surface area contributed by atoms with Gasteiger partial charge in [0, 0.05) is 17.7 Å². The van der Waals surface area contributed by atoms with Gasteiger partial charge in [0.15, 0.2) is 0 Å². The first kappa shape index (κ1) is 18.4. The number of thioether (sulfide) groups is 1. The highest BCUT2D eigenvalue weighted by Gasteiger charge is 2.29. The lowest BCUT2D eigenvalue weighted by atomic mass is 10.0. The van der Waals surface area contributed by atoms with Crippen LogP contribution in [-0.2, 0) is 11.2 Å². The minimum atomic E-state index is -4.30. The molecule has 0 aromatic heterocycles. The molecule has 0 unspecified atom stereocenters. The smallest absolute Gasteiger partial charge is 0.446 e. The number of alkyl halides is 3. The Morgan fingerprint density at radius 2 is 1.79 bits per heavy atom. The Morgan fingerprint density at radius 3 is 2.33 bits per heavy atom. The summed E-state index contributed by atoms with van der Waals surface area (Å²) in [6, 6.07) is 11.2. The Morgan fingerprint density at radius 1 is 1.12 bits per heavy atom. The number of hydrogen-bond donors (Lipinski definition) is 0. The van der Waals surface area contributed by atoms with Crippen molar-refractivity contribution in [2.45, 2.75) is 37.1 Å². The van der Waals surface area contributed by atoms with Crippen LogP contribution in [0.25, 0.3) is 0 Å². The molecule has 24 heavy (non-hydrogen) atoms. The van der Waals surface area contributed by atoms with E-state index in [-0.39, 0.29) is 22.4 Å². The second-order valence-corrected chi connectivity index (χ2v) is 6.43. The van der Waals surface area contributed by atoms with Crippen LogP contribution >= 0.6 is 11.8 Å². The van der Waals surface area contributed by atoms with E-state index in [4.69, 9.17) is 4.74 Å². The van der Waals surface area contributed by atoms with Crippen LogP contribution in [0.15, 0.2) is 47.4 Å². The molecule has 0 aliphatic heterocycles. The molecule has 0 amide bonds. The first-order valence-electron chi connectivity index (χ1n) is 7.41. The van der Waals surface area contributed by atoms with Crippen LogP contribution in [-0.4, -0.2) is 11.3 Å². The monoisotopic (exact) mass is 354 g/mol. The zero-order valence-electron chi connectivity index (χ0n) is 13.3. The Kier molecular flexibility index (Phi) is 5.94. The number of ketones is 1. The third-order valence-corrected chi connectivity index (χ3v) is 4.06. The first-order chi connectivity index (χ1) is 11.3. The predicted octanol–water partition coefficient (Wildman–Crippen LogP) is 5.92. The standard InChI is InChI=1S/C18H17F3O2S/c1-3-14(22)11-13-4-9-17(12(2)10-13)23-15-5-7-16(8-6-15)24-18(19,20)21/h4-10H,3,11H2,1-2H3. The van der Waals surface area contributed by atoms with Crippen molar-refractivity contribution < 1.29 is 22.7 Å². The maximum atomic E-state index is 12.3. The zero-order chi connectivity index (χ0) is 17.7. The minimum absolute atomic E-state index is 0.111. The molecule has 0 heterocycles. The number of rotatable bonds is 6. The van der Waals surface area contributed by atoms with Gasteiger partial charge in [-0.15, -0.1) is 0 Å². The molecule has 2 nitrogen and oxygen atoms in total. The molecule has 0 spiro atoms. The number of ether oxygens (including phenoxy) is 1. The lowest BCUT2D eigenvalue weighted by Gasteiger charge is -2.11. The molecule has 2 aromatic carbocycles.